The van der Waals surface area contributed by atoms with Gasteiger partial charge < -0.3 is 20.3 Å². The fourth-order valence-corrected chi connectivity index (χ4v) is 2.86. The van der Waals surface area contributed by atoms with Crippen molar-refractivity contribution in [2.24, 2.45) is 0 Å². The number of urea groups is 1. The molecule has 0 bridgehead atoms. The van der Waals surface area contributed by atoms with Gasteiger partial charge in [0.05, 0.1) is 0 Å². The van der Waals surface area contributed by atoms with E-state index < -0.39 is 0 Å². The van der Waals surface area contributed by atoms with Crippen molar-refractivity contribution in [3.8, 4) is 0 Å². The molecule has 1 unspecified atom stereocenters. The van der Waals surface area contributed by atoms with Crippen molar-refractivity contribution in [3.63, 3.8) is 0 Å². The molecule has 1 atom stereocenters. The second-order valence-electron chi connectivity index (χ2n) is 6.15. The van der Waals surface area contributed by atoms with Crippen LogP contribution in [0.2, 0.25) is 0 Å². The van der Waals surface area contributed by atoms with Gasteiger partial charge in [0.25, 0.3) is 5.91 Å². The standard InChI is InChI=1S/C18H27N3O3/c1-14-6-3-4-12-21(14)17(22)15-7-9-16(10-8-15)20-18(23)19-11-5-13-24-2/h7-10,14H,3-6,11-13H2,1-2H3,(H2,19,20,23). The molecule has 0 saturated carbocycles. The Kier molecular flexibility index (Phi) is 7.06. The van der Waals surface area contributed by atoms with Crippen LogP contribution in [0.1, 0.15) is 43.0 Å². The summed E-state index contributed by atoms with van der Waals surface area (Å²) in [4.78, 5) is 26.2. The maximum absolute atomic E-state index is 12.6. The normalized spacial score (nSPS) is 17.4. The summed E-state index contributed by atoms with van der Waals surface area (Å²) in [5.41, 5.74) is 1.33. The number of anilines is 1. The third-order valence-electron chi connectivity index (χ3n) is 4.26. The van der Waals surface area contributed by atoms with Gasteiger partial charge in [-0.1, -0.05) is 0 Å². The third-order valence-corrected chi connectivity index (χ3v) is 4.26. The number of benzene rings is 1. The molecule has 0 aromatic heterocycles. The van der Waals surface area contributed by atoms with Gasteiger partial charge in [0.2, 0.25) is 0 Å². The lowest BCUT2D eigenvalue weighted by Gasteiger charge is -2.33. The third kappa shape index (κ3) is 5.23. The first kappa shape index (κ1) is 18.3. The molecule has 1 saturated heterocycles. The van der Waals surface area contributed by atoms with Crippen molar-refractivity contribution < 1.29 is 14.3 Å². The Hall–Kier alpha value is -2.08. The van der Waals surface area contributed by atoms with Crippen molar-refractivity contribution in [2.75, 3.05) is 32.1 Å². The van der Waals surface area contributed by atoms with E-state index in [0.29, 0.717) is 30.4 Å². The highest BCUT2D eigenvalue weighted by molar-refractivity contribution is 5.95. The van der Waals surface area contributed by atoms with E-state index in [1.165, 1.54) is 6.42 Å². The van der Waals surface area contributed by atoms with Crippen LogP contribution in [0.25, 0.3) is 0 Å². The number of nitrogens with zero attached hydrogens (tertiary/aromatic N) is 1. The first-order valence-corrected chi connectivity index (χ1v) is 8.56. The quantitative estimate of drug-likeness (QED) is 0.787. The van der Waals surface area contributed by atoms with Gasteiger partial charge in [-0.3, -0.25) is 4.79 Å². The van der Waals surface area contributed by atoms with Crippen molar-refractivity contribution in [1.82, 2.24) is 10.2 Å². The molecule has 6 heteroatoms. The molecule has 1 aromatic rings. The van der Waals surface area contributed by atoms with E-state index in [2.05, 4.69) is 17.6 Å². The van der Waals surface area contributed by atoms with Gasteiger partial charge in [0.1, 0.15) is 0 Å². The van der Waals surface area contributed by atoms with Gasteiger partial charge in [-0.25, -0.2) is 4.79 Å². The number of nitrogens with one attached hydrogen (secondary N) is 2. The molecule has 24 heavy (non-hydrogen) atoms. The first-order chi connectivity index (χ1) is 11.6. The maximum atomic E-state index is 12.6. The van der Waals surface area contributed by atoms with Crippen LogP contribution in [0, 0.1) is 0 Å². The summed E-state index contributed by atoms with van der Waals surface area (Å²) in [5, 5.41) is 5.51. The Bertz CT molecular complexity index is 545. The smallest absolute Gasteiger partial charge is 0.319 e. The fraction of sp³-hybridized carbons (Fsp3) is 0.556. The van der Waals surface area contributed by atoms with Crippen LogP contribution < -0.4 is 10.6 Å². The second kappa shape index (κ2) is 9.27. The van der Waals surface area contributed by atoms with Crippen LogP contribution in [0.15, 0.2) is 24.3 Å². The molecule has 6 nitrogen and oxygen atoms in total. The average molecular weight is 333 g/mol. The summed E-state index contributed by atoms with van der Waals surface area (Å²) in [5.74, 6) is 0.0674. The maximum Gasteiger partial charge on any atom is 0.319 e. The van der Waals surface area contributed by atoms with Gasteiger partial charge in [-0.2, -0.15) is 0 Å². The van der Waals surface area contributed by atoms with E-state index in [1.807, 2.05) is 4.90 Å². The molecule has 1 aliphatic rings. The van der Waals surface area contributed by atoms with Gasteiger partial charge in [0, 0.05) is 44.1 Å². The van der Waals surface area contributed by atoms with Crippen LogP contribution in [0.4, 0.5) is 10.5 Å². The zero-order chi connectivity index (χ0) is 17.4. The largest absolute Gasteiger partial charge is 0.385 e. The van der Waals surface area contributed by atoms with Crippen LogP contribution >= 0.6 is 0 Å². The van der Waals surface area contributed by atoms with E-state index in [0.717, 1.165) is 25.8 Å². The molecule has 3 amide bonds. The van der Waals surface area contributed by atoms with E-state index in [-0.39, 0.29) is 11.9 Å². The Balaban J connectivity index is 1.86. The van der Waals surface area contributed by atoms with Crippen molar-refractivity contribution >= 4 is 17.6 Å². The predicted octanol–water partition coefficient (Wildman–Crippen LogP) is 2.86. The van der Waals surface area contributed by atoms with E-state index in [4.69, 9.17) is 4.74 Å². The molecule has 2 N–H and O–H groups in total. The minimum absolute atomic E-state index is 0.0674. The summed E-state index contributed by atoms with van der Waals surface area (Å²) >= 11 is 0. The minimum Gasteiger partial charge on any atom is -0.385 e. The van der Waals surface area contributed by atoms with Gasteiger partial charge in [-0.05, 0) is 56.9 Å². The number of methoxy groups -OCH3 is 1. The topological polar surface area (TPSA) is 70.7 Å². The SMILES string of the molecule is COCCCNC(=O)Nc1ccc(C(=O)N2CCCCC2C)cc1. The van der Waals surface area contributed by atoms with E-state index in [1.54, 1.807) is 31.4 Å². The summed E-state index contributed by atoms with van der Waals surface area (Å²) in [7, 11) is 1.63. The van der Waals surface area contributed by atoms with Crippen molar-refractivity contribution in [1.29, 1.82) is 0 Å². The molecule has 1 aromatic carbocycles. The Morgan fingerprint density at radius 3 is 2.67 bits per heavy atom. The summed E-state index contributed by atoms with van der Waals surface area (Å²) in [6.07, 6.45) is 4.09. The zero-order valence-corrected chi connectivity index (χ0v) is 14.5. The average Bonchev–Trinajstić information content (AvgIpc) is 2.59. The lowest BCUT2D eigenvalue weighted by Crippen LogP contribution is -2.42. The number of likely N-dealkylation sites (tertiary alicyclic amines) is 1. The number of hydrogen-bond acceptors (Lipinski definition) is 3. The molecular weight excluding hydrogens is 306 g/mol. The van der Waals surface area contributed by atoms with Crippen molar-refractivity contribution in [3.05, 3.63) is 29.8 Å². The van der Waals surface area contributed by atoms with Gasteiger partial charge in [0.15, 0.2) is 0 Å². The number of hydrogen-bond donors (Lipinski definition) is 2. The predicted molar refractivity (Wildman–Crippen MR) is 94.3 cm³/mol. The number of amides is 3. The molecule has 1 heterocycles. The zero-order valence-electron chi connectivity index (χ0n) is 14.5. The van der Waals surface area contributed by atoms with Crippen molar-refractivity contribution in [2.45, 2.75) is 38.6 Å². The van der Waals surface area contributed by atoms with E-state index >= 15 is 0 Å². The van der Waals surface area contributed by atoms with Crippen LogP contribution in [0.5, 0.6) is 0 Å². The number of carbonyl (C=O) groups is 2. The van der Waals surface area contributed by atoms with Crippen LogP contribution in [-0.4, -0.2) is 49.7 Å². The molecule has 1 fully saturated rings. The molecule has 2 rings (SSSR count). The lowest BCUT2D eigenvalue weighted by molar-refractivity contribution is 0.0635. The number of carbonyl (C=O) groups excluding carboxylic acids is 2. The molecule has 0 spiro atoms. The number of rotatable bonds is 6. The molecular formula is C18H27N3O3. The number of ether oxygens (including phenoxy) is 1. The van der Waals surface area contributed by atoms with Gasteiger partial charge in [-0.15, -0.1) is 0 Å². The second-order valence-corrected chi connectivity index (χ2v) is 6.15. The molecule has 0 radical (unpaired) electrons. The minimum atomic E-state index is -0.255. The highest BCUT2D eigenvalue weighted by atomic mass is 16.5. The van der Waals surface area contributed by atoms with Crippen LogP contribution in [-0.2, 0) is 4.74 Å². The number of piperidine rings is 1. The molecule has 132 valence electrons. The Morgan fingerprint density at radius 1 is 1.25 bits per heavy atom. The monoisotopic (exact) mass is 333 g/mol. The highest BCUT2D eigenvalue weighted by Crippen LogP contribution is 2.20. The Morgan fingerprint density at radius 2 is 2.00 bits per heavy atom. The van der Waals surface area contributed by atoms with E-state index in [9.17, 15) is 9.59 Å². The Labute approximate surface area is 143 Å². The summed E-state index contributed by atoms with van der Waals surface area (Å²) in [6.45, 7) is 4.10. The summed E-state index contributed by atoms with van der Waals surface area (Å²) < 4.78 is 4.93. The van der Waals surface area contributed by atoms with Crippen LogP contribution in [0.3, 0.4) is 0 Å². The highest BCUT2D eigenvalue weighted by Gasteiger charge is 2.23. The molecule has 0 aliphatic carbocycles. The molecule has 1 aliphatic heterocycles. The lowest BCUT2D eigenvalue weighted by atomic mass is 10.0. The summed E-state index contributed by atoms with van der Waals surface area (Å²) in [6, 6.07) is 7.10. The van der Waals surface area contributed by atoms with Gasteiger partial charge >= 0.3 is 6.03 Å². The fourth-order valence-electron chi connectivity index (χ4n) is 2.86. The first-order valence-electron chi connectivity index (χ1n) is 8.56.